The first-order valence-corrected chi connectivity index (χ1v) is 10.6. The van der Waals surface area contributed by atoms with Crippen molar-refractivity contribution >= 4 is 15.9 Å². The SMILES string of the molecule is Cn1cnnc1C1(c2cccc(Br)c2)CC2(CC(OCc3ccccc3)C2)C1. The molecule has 144 valence electrons. The predicted octanol–water partition coefficient (Wildman–Crippen LogP) is 5.02. The van der Waals surface area contributed by atoms with Gasteiger partial charge in [0.15, 0.2) is 0 Å². The first-order chi connectivity index (χ1) is 13.6. The van der Waals surface area contributed by atoms with Gasteiger partial charge in [-0.3, -0.25) is 0 Å². The van der Waals surface area contributed by atoms with E-state index in [0.717, 1.165) is 36.0 Å². The van der Waals surface area contributed by atoms with E-state index in [4.69, 9.17) is 4.74 Å². The summed E-state index contributed by atoms with van der Waals surface area (Å²) in [5.74, 6) is 1.07. The molecule has 2 fully saturated rings. The number of aromatic nitrogens is 3. The molecule has 0 unspecified atom stereocenters. The third-order valence-electron chi connectivity index (χ3n) is 6.52. The molecule has 1 aromatic heterocycles. The van der Waals surface area contributed by atoms with Crippen molar-refractivity contribution in [3.63, 3.8) is 0 Å². The highest BCUT2D eigenvalue weighted by atomic mass is 79.9. The fourth-order valence-corrected chi connectivity index (χ4v) is 5.72. The fourth-order valence-electron chi connectivity index (χ4n) is 5.32. The highest BCUT2D eigenvalue weighted by Crippen LogP contribution is 2.67. The minimum atomic E-state index is -0.0422. The minimum absolute atomic E-state index is 0.0422. The van der Waals surface area contributed by atoms with Crippen LogP contribution in [0.2, 0.25) is 0 Å². The zero-order valence-corrected chi connectivity index (χ0v) is 17.6. The van der Waals surface area contributed by atoms with E-state index in [1.165, 1.54) is 11.1 Å². The van der Waals surface area contributed by atoms with Crippen LogP contribution in [0.5, 0.6) is 0 Å². The molecular weight excluding hydrogens is 414 g/mol. The number of ether oxygens (including phenoxy) is 1. The summed E-state index contributed by atoms with van der Waals surface area (Å²) in [6.07, 6.45) is 6.72. The molecular formula is C23H24BrN3O. The molecule has 0 N–H and O–H groups in total. The van der Waals surface area contributed by atoms with Crippen LogP contribution < -0.4 is 0 Å². The van der Waals surface area contributed by atoms with Gasteiger partial charge in [0.05, 0.1) is 18.1 Å². The Morgan fingerprint density at radius 3 is 2.57 bits per heavy atom. The van der Waals surface area contributed by atoms with E-state index in [2.05, 4.69) is 79.2 Å². The van der Waals surface area contributed by atoms with Crippen LogP contribution in [0.4, 0.5) is 0 Å². The molecule has 1 spiro atoms. The quantitative estimate of drug-likeness (QED) is 0.562. The van der Waals surface area contributed by atoms with Gasteiger partial charge < -0.3 is 9.30 Å². The van der Waals surface area contributed by atoms with Crippen LogP contribution in [0.1, 0.15) is 42.6 Å². The largest absolute Gasteiger partial charge is 0.374 e. The highest BCUT2D eigenvalue weighted by Gasteiger charge is 2.63. The van der Waals surface area contributed by atoms with E-state index >= 15 is 0 Å². The Kier molecular flexibility index (Phi) is 4.40. The number of hydrogen-bond donors (Lipinski definition) is 0. The van der Waals surface area contributed by atoms with Crippen molar-refractivity contribution in [1.82, 2.24) is 14.8 Å². The first-order valence-electron chi connectivity index (χ1n) is 9.85. The summed E-state index contributed by atoms with van der Waals surface area (Å²) in [6.45, 7) is 0.710. The Labute approximate surface area is 174 Å². The summed E-state index contributed by atoms with van der Waals surface area (Å²) < 4.78 is 9.36. The van der Waals surface area contributed by atoms with E-state index in [1.54, 1.807) is 0 Å². The molecule has 0 radical (unpaired) electrons. The maximum atomic E-state index is 6.16. The lowest BCUT2D eigenvalue weighted by atomic mass is 9.42. The Hall–Kier alpha value is -1.98. The number of halogens is 1. The van der Waals surface area contributed by atoms with Crippen LogP contribution in [-0.4, -0.2) is 20.9 Å². The van der Waals surface area contributed by atoms with Crippen molar-refractivity contribution in [3.05, 3.63) is 82.3 Å². The number of nitrogens with zero attached hydrogens (tertiary/aromatic N) is 3. The van der Waals surface area contributed by atoms with Crippen molar-refractivity contribution in [2.45, 2.75) is 43.8 Å². The molecule has 2 aliphatic carbocycles. The van der Waals surface area contributed by atoms with E-state index in [9.17, 15) is 0 Å². The number of benzene rings is 2. The number of hydrogen-bond acceptors (Lipinski definition) is 3. The summed E-state index contributed by atoms with van der Waals surface area (Å²) in [5, 5.41) is 8.67. The molecule has 0 amide bonds. The van der Waals surface area contributed by atoms with Crippen LogP contribution in [0.25, 0.3) is 0 Å². The van der Waals surface area contributed by atoms with Gasteiger partial charge in [-0.25, -0.2) is 0 Å². The van der Waals surface area contributed by atoms with Crippen LogP contribution in [0.15, 0.2) is 65.4 Å². The van der Waals surface area contributed by atoms with Gasteiger partial charge in [-0.2, -0.15) is 0 Å². The van der Waals surface area contributed by atoms with Crippen molar-refractivity contribution in [3.8, 4) is 0 Å². The molecule has 0 aliphatic heterocycles. The standard InChI is InChI=1S/C23H24BrN3O/c1-27-16-25-26-21(27)23(18-8-5-9-19(24)10-18)14-22(15-23)11-20(12-22)28-13-17-6-3-2-4-7-17/h2-10,16,20H,11-15H2,1H3. The lowest BCUT2D eigenvalue weighted by Gasteiger charge is -2.63. The van der Waals surface area contributed by atoms with Gasteiger partial charge in [0.25, 0.3) is 0 Å². The summed E-state index contributed by atoms with van der Waals surface area (Å²) in [5.41, 5.74) is 2.92. The lowest BCUT2D eigenvalue weighted by Crippen LogP contribution is -2.59. The van der Waals surface area contributed by atoms with Crippen LogP contribution in [0, 0.1) is 5.41 Å². The molecule has 2 aromatic carbocycles. The lowest BCUT2D eigenvalue weighted by molar-refractivity contribution is -0.147. The molecule has 0 bridgehead atoms. The molecule has 3 aromatic rings. The molecule has 4 nitrogen and oxygen atoms in total. The van der Waals surface area contributed by atoms with Gasteiger partial charge in [-0.15, -0.1) is 10.2 Å². The van der Waals surface area contributed by atoms with Gasteiger partial charge in [0.2, 0.25) is 0 Å². The van der Waals surface area contributed by atoms with Crippen molar-refractivity contribution < 1.29 is 4.74 Å². The molecule has 2 saturated carbocycles. The zero-order chi connectivity index (χ0) is 19.2. The highest BCUT2D eigenvalue weighted by molar-refractivity contribution is 9.10. The maximum Gasteiger partial charge on any atom is 0.143 e. The van der Waals surface area contributed by atoms with E-state index in [1.807, 2.05) is 19.4 Å². The van der Waals surface area contributed by atoms with Crippen LogP contribution in [0.3, 0.4) is 0 Å². The second-order valence-corrected chi connectivity index (χ2v) is 9.45. The molecule has 0 saturated heterocycles. The van der Waals surface area contributed by atoms with Crippen molar-refractivity contribution in [2.24, 2.45) is 12.5 Å². The maximum absolute atomic E-state index is 6.16. The average molecular weight is 438 g/mol. The normalized spacial score (nSPS) is 28.7. The fraction of sp³-hybridized carbons (Fsp3) is 0.391. The van der Waals surface area contributed by atoms with E-state index < -0.39 is 0 Å². The van der Waals surface area contributed by atoms with Crippen LogP contribution >= 0.6 is 15.9 Å². The third-order valence-corrected chi connectivity index (χ3v) is 7.01. The Morgan fingerprint density at radius 1 is 1.11 bits per heavy atom. The van der Waals surface area contributed by atoms with Gasteiger partial charge in [0, 0.05) is 11.5 Å². The molecule has 1 heterocycles. The molecule has 2 aliphatic rings. The minimum Gasteiger partial charge on any atom is -0.374 e. The van der Waals surface area contributed by atoms with Crippen molar-refractivity contribution in [1.29, 1.82) is 0 Å². The smallest absolute Gasteiger partial charge is 0.143 e. The van der Waals surface area contributed by atoms with E-state index in [-0.39, 0.29) is 5.41 Å². The summed E-state index contributed by atoms with van der Waals surface area (Å²) in [4.78, 5) is 0. The molecule has 0 atom stereocenters. The average Bonchev–Trinajstić information content (AvgIpc) is 3.07. The third kappa shape index (κ3) is 3.01. The second kappa shape index (κ2) is 6.82. The predicted molar refractivity (Wildman–Crippen MR) is 112 cm³/mol. The monoisotopic (exact) mass is 437 g/mol. The Morgan fingerprint density at radius 2 is 1.89 bits per heavy atom. The van der Waals surface area contributed by atoms with Crippen LogP contribution in [-0.2, 0) is 23.8 Å². The Bertz CT molecular complexity index is 970. The molecule has 28 heavy (non-hydrogen) atoms. The van der Waals surface area contributed by atoms with E-state index in [0.29, 0.717) is 18.1 Å². The molecule has 5 heteroatoms. The number of aryl methyl sites for hydroxylation is 1. The van der Waals surface area contributed by atoms with Gasteiger partial charge >= 0.3 is 0 Å². The topological polar surface area (TPSA) is 39.9 Å². The van der Waals surface area contributed by atoms with Gasteiger partial charge in [-0.05, 0) is 54.4 Å². The summed E-state index contributed by atoms with van der Waals surface area (Å²) in [6, 6.07) is 19.1. The summed E-state index contributed by atoms with van der Waals surface area (Å²) in [7, 11) is 2.05. The summed E-state index contributed by atoms with van der Waals surface area (Å²) >= 11 is 3.64. The van der Waals surface area contributed by atoms with Gasteiger partial charge in [0.1, 0.15) is 12.2 Å². The molecule has 5 rings (SSSR count). The zero-order valence-electron chi connectivity index (χ0n) is 16.0. The van der Waals surface area contributed by atoms with Gasteiger partial charge in [-0.1, -0.05) is 58.4 Å². The second-order valence-electron chi connectivity index (χ2n) is 8.54. The van der Waals surface area contributed by atoms with Crippen molar-refractivity contribution in [2.75, 3.05) is 0 Å². The Balaban J connectivity index is 1.30. The number of rotatable bonds is 5. The first kappa shape index (κ1) is 18.1.